The van der Waals surface area contributed by atoms with E-state index in [4.69, 9.17) is 5.10 Å². The number of pyridine rings is 1. The molecule has 11 heteroatoms. The highest BCUT2D eigenvalue weighted by Crippen LogP contribution is 2.30. The van der Waals surface area contributed by atoms with Crippen LogP contribution in [0.3, 0.4) is 0 Å². The number of aromatic nitrogens is 6. The second kappa shape index (κ2) is 8.75. The summed E-state index contributed by atoms with van der Waals surface area (Å²) in [5, 5.41) is 15.7. The second-order valence-corrected chi connectivity index (χ2v) is 8.59. The molecule has 1 saturated heterocycles. The molecule has 0 spiro atoms. The average molecular weight is 461 g/mol. The minimum Gasteiger partial charge on any atom is -0.368 e. The van der Waals surface area contributed by atoms with Gasteiger partial charge in [-0.05, 0) is 25.1 Å². The second-order valence-electron chi connectivity index (χ2n) is 8.59. The van der Waals surface area contributed by atoms with Gasteiger partial charge < -0.3 is 20.4 Å². The van der Waals surface area contributed by atoms with Crippen molar-refractivity contribution in [3.63, 3.8) is 0 Å². The predicted octanol–water partition coefficient (Wildman–Crippen LogP) is 1.69. The number of carbonyl (C=O) groups is 1. The van der Waals surface area contributed by atoms with Crippen LogP contribution < -0.4 is 15.5 Å². The smallest absolute Gasteiger partial charge is 0.255 e. The number of hydrogen-bond donors (Lipinski definition) is 2. The van der Waals surface area contributed by atoms with Crippen LogP contribution in [0.5, 0.6) is 0 Å². The molecule has 0 unspecified atom stereocenters. The summed E-state index contributed by atoms with van der Waals surface area (Å²) in [6, 6.07) is 5.79. The van der Waals surface area contributed by atoms with Crippen LogP contribution in [-0.4, -0.2) is 80.4 Å². The molecule has 0 bridgehead atoms. The highest BCUT2D eigenvalue weighted by Gasteiger charge is 2.24. The zero-order valence-electron chi connectivity index (χ0n) is 19.8. The molecule has 1 aliphatic rings. The van der Waals surface area contributed by atoms with E-state index in [0.29, 0.717) is 23.0 Å². The maximum Gasteiger partial charge on any atom is 0.255 e. The lowest BCUT2D eigenvalue weighted by Gasteiger charge is -2.29. The van der Waals surface area contributed by atoms with Crippen LogP contribution in [0.4, 0.5) is 17.5 Å². The van der Waals surface area contributed by atoms with Crippen molar-refractivity contribution in [1.82, 2.24) is 39.6 Å². The molecule has 4 aromatic rings. The Morgan fingerprint density at radius 2 is 1.91 bits per heavy atom. The Hall–Kier alpha value is -3.99. The number of carbonyl (C=O) groups excluding carboxylic acids is 1. The molecule has 0 aliphatic carbocycles. The van der Waals surface area contributed by atoms with Crippen molar-refractivity contribution in [2.45, 2.75) is 6.92 Å². The molecule has 2 N–H and O–H groups in total. The van der Waals surface area contributed by atoms with Gasteiger partial charge in [-0.1, -0.05) is 0 Å². The van der Waals surface area contributed by atoms with Gasteiger partial charge >= 0.3 is 0 Å². The third-order valence-corrected chi connectivity index (χ3v) is 5.89. The van der Waals surface area contributed by atoms with Gasteiger partial charge in [0.2, 0.25) is 5.95 Å². The van der Waals surface area contributed by atoms with E-state index < -0.39 is 0 Å². The van der Waals surface area contributed by atoms with Crippen LogP contribution in [0.15, 0.2) is 36.8 Å². The zero-order chi connectivity index (χ0) is 23.8. The summed E-state index contributed by atoms with van der Waals surface area (Å²) in [5.74, 6) is 0.926. The molecule has 0 radical (unpaired) electrons. The Morgan fingerprint density at radius 1 is 1.12 bits per heavy atom. The molecule has 5 rings (SSSR count). The molecule has 34 heavy (non-hydrogen) atoms. The van der Waals surface area contributed by atoms with E-state index in [1.165, 1.54) is 0 Å². The Kier molecular flexibility index (Phi) is 5.62. The van der Waals surface area contributed by atoms with Crippen molar-refractivity contribution < 1.29 is 4.79 Å². The molecule has 176 valence electrons. The van der Waals surface area contributed by atoms with Crippen molar-refractivity contribution >= 4 is 28.9 Å². The zero-order valence-corrected chi connectivity index (χ0v) is 19.8. The number of amides is 1. The van der Waals surface area contributed by atoms with Crippen LogP contribution in [0, 0.1) is 6.92 Å². The first-order chi connectivity index (χ1) is 16.4. The molecule has 5 heterocycles. The monoisotopic (exact) mass is 460 g/mol. The van der Waals surface area contributed by atoms with Gasteiger partial charge in [0, 0.05) is 59.1 Å². The summed E-state index contributed by atoms with van der Waals surface area (Å²) in [4.78, 5) is 25.8. The Bertz CT molecular complexity index is 1330. The summed E-state index contributed by atoms with van der Waals surface area (Å²) in [6.45, 7) is 5.80. The van der Waals surface area contributed by atoms with Gasteiger partial charge in [0.1, 0.15) is 5.82 Å². The maximum absolute atomic E-state index is 13.0. The standard InChI is InChI=1S/C23H28N10O/c1-15-19(14-31(4)28-15)21-18(22(34)30(2)3)11-17-13-26-23(29-33(17)21)27-20-6-5-16(12-25-20)32-9-7-24-8-10-32/h5-6,11-14,24H,7-10H2,1-4H3,(H,25,27,29). The molecule has 11 nitrogen and oxygen atoms in total. The van der Waals surface area contributed by atoms with Crippen LogP contribution >= 0.6 is 0 Å². The van der Waals surface area contributed by atoms with Crippen molar-refractivity contribution in [1.29, 1.82) is 0 Å². The van der Waals surface area contributed by atoms with Crippen molar-refractivity contribution in [3.05, 3.63) is 48.0 Å². The summed E-state index contributed by atoms with van der Waals surface area (Å²) >= 11 is 0. The Morgan fingerprint density at radius 3 is 2.56 bits per heavy atom. The highest BCUT2D eigenvalue weighted by atomic mass is 16.2. The van der Waals surface area contributed by atoms with E-state index in [9.17, 15) is 4.79 Å². The van der Waals surface area contributed by atoms with Gasteiger partial charge in [0.15, 0.2) is 0 Å². The minimum atomic E-state index is -0.108. The summed E-state index contributed by atoms with van der Waals surface area (Å²) in [6.07, 6.45) is 5.46. The van der Waals surface area contributed by atoms with Gasteiger partial charge in [0.25, 0.3) is 5.91 Å². The lowest BCUT2D eigenvalue weighted by atomic mass is 10.1. The number of nitrogens with zero attached hydrogens (tertiary/aromatic N) is 8. The van der Waals surface area contributed by atoms with E-state index in [1.807, 2.05) is 44.6 Å². The van der Waals surface area contributed by atoms with Gasteiger partial charge in [0.05, 0.1) is 40.5 Å². The molecule has 1 aliphatic heterocycles. The number of piperazine rings is 1. The maximum atomic E-state index is 13.0. The fourth-order valence-corrected chi connectivity index (χ4v) is 4.21. The highest BCUT2D eigenvalue weighted by molar-refractivity contribution is 6.02. The van der Waals surface area contributed by atoms with E-state index in [0.717, 1.165) is 48.6 Å². The first-order valence-corrected chi connectivity index (χ1v) is 11.2. The van der Waals surface area contributed by atoms with Crippen molar-refractivity contribution in [3.8, 4) is 11.3 Å². The van der Waals surface area contributed by atoms with Gasteiger partial charge in [-0.2, -0.15) is 5.10 Å². The average Bonchev–Trinajstić information content (AvgIpc) is 3.37. The molecular formula is C23H28N10O. The number of anilines is 3. The van der Waals surface area contributed by atoms with Crippen LogP contribution in [-0.2, 0) is 7.05 Å². The summed E-state index contributed by atoms with van der Waals surface area (Å²) < 4.78 is 3.48. The van der Waals surface area contributed by atoms with Crippen molar-refractivity contribution in [2.75, 3.05) is 50.5 Å². The number of fused-ring (bicyclic) bond motifs is 1. The lowest BCUT2D eigenvalue weighted by Crippen LogP contribution is -2.43. The van der Waals surface area contributed by atoms with Crippen molar-refractivity contribution in [2.24, 2.45) is 7.05 Å². The molecule has 0 saturated carbocycles. The van der Waals surface area contributed by atoms with E-state index in [2.05, 4.69) is 30.6 Å². The fourth-order valence-electron chi connectivity index (χ4n) is 4.21. The quantitative estimate of drug-likeness (QED) is 0.463. The van der Waals surface area contributed by atoms with Crippen LogP contribution in [0.1, 0.15) is 16.1 Å². The topological polar surface area (TPSA) is 109 Å². The minimum absolute atomic E-state index is 0.108. The fraction of sp³-hybridized carbons (Fsp3) is 0.348. The number of rotatable bonds is 5. The van der Waals surface area contributed by atoms with E-state index >= 15 is 0 Å². The molecular weight excluding hydrogens is 432 g/mol. The largest absolute Gasteiger partial charge is 0.368 e. The van der Waals surface area contributed by atoms with Gasteiger partial charge in [-0.25, -0.2) is 14.5 Å². The third kappa shape index (κ3) is 4.05. The molecule has 0 atom stereocenters. The first-order valence-electron chi connectivity index (χ1n) is 11.2. The molecule has 0 aromatic carbocycles. The Balaban J connectivity index is 1.50. The number of hydrogen-bond acceptors (Lipinski definition) is 8. The Labute approximate surface area is 197 Å². The third-order valence-electron chi connectivity index (χ3n) is 5.89. The molecule has 1 amide bonds. The molecule has 4 aromatic heterocycles. The van der Waals surface area contributed by atoms with Crippen LogP contribution in [0.25, 0.3) is 16.8 Å². The predicted molar refractivity (Wildman–Crippen MR) is 131 cm³/mol. The SMILES string of the molecule is Cc1nn(C)cc1-c1c(C(=O)N(C)C)cc2cnc(Nc3ccc(N4CCNCC4)cn3)nn12. The lowest BCUT2D eigenvalue weighted by molar-refractivity contribution is 0.0828. The number of nitrogens with one attached hydrogen (secondary N) is 2. The number of aryl methyl sites for hydroxylation is 2. The van der Waals surface area contributed by atoms with Crippen LogP contribution in [0.2, 0.25) is 0 Å². The van der Waals surface area contributed by atoms with Gasteiger partial charge in [-0.3, -0.25) is 9.48 Å². The summed E-state index contributed by atoms with van der Waals surface area (Å²) in [7, 11) is 5.33. The van der Waals surface area contributed by atoms with E-state index in [1.54, 1.807) is 34.4 Å². The van der Waals surface area contributed by atoms with E-state index in [-0.39, 0.29) is 5.91 Å². The normalized spacial score (nSPS) is 13.9. The summed E-state index contributed by atoms with van der Waals surface area (Å²) in [5.41, 5.74) is 4.70. The van der Waals surface area contributed by atoms with Gasteiger partial charge in [-0.15, -0.1) is 5.10 Å². The molecule has 1 fully saturated rings. The first kappa shape index (κ1) is 21.8.